The van der Waals surface area contributed by atoms with E-state index in [1.807, 2.05) is 0 Å². The second-order valence-corrected chi connectivity index (χ2v) is 4.77. The molecule has 1 unspecified atom stereocenters. The molecule has 7 nitrogen and oxygen atoms in total. The van der Waals surface area contributed by atoms with E-state index in [0.717, 1.165) is 0 Å². The molecule has 0 saturated heterocycles. The molecule has 7 heteroatoms. The van der Waals surface area contributed by atoms with Gasteiger partial charge in [0.2, 0.25) is 0 Å². The van der Waals surface area contributed by atoms with E-state index in [-0.39, 0.29) is 25.5 Å². The molecule has 22 heavy (non-hydrogen) atoms. The number of nitro groups is 1. The van der Waals surface area contributed by atoms with Crippen LogP contribution in [0.5, 0.6) is 5.75 Å². The van der Waals surface area contributed by atoms with Gasteiger partial charge in [0.05, 0.1) is 17.8 Å². The van der Waals surface area contributed by atoms with Crippen molar-refractivity contribution in [3.05, 3.63) is 58.0 Å². The highest BCUT2D eigenvalue weighted by molar-refractivity contribution is 5.42. The Morgan fingerprint density at radius 1 is 1.36 bits per heavy atom. The lowest BCUT2D eigenvalue weighted by Gasteiger charge is -2.13. The Kier molecular flexibility index (Phi) is 5.51. The normalized spacial score (nSPS) is 12.1. The summed E-state index contributed by atoms with van der Waals surface area (Å²) >= 11 is 0. The molecule has 1 heterocycles. The minimum absolute atomic E-state index is 0.00665. The van der Waals surface area contributed by atoms with Crippen molar-refractivity contribution in [3.8, 4) is 5.75 Å². The van der Waals surface area contributed by atoms with E-state index in [1.54, 1.807) is 25.3 Å². The number of ether oxygens (including phenoxy) is 2. The van der Waals surface area contributed by atoms with Gasteiger partial charge in [0.25, 0.3) is 5.69 Å². The summed E-state index contributed by atoms with van der Waals surface area (Å²) in [5.74, 6) is 1.18. The molecule has 1 N–H and O–H groups in total. The topological polar surface area (TPSA) is 95.0 Å². The molecular formula is C15H17NO6. The van der Waals surface area contributed by atoms with E-state index in [1.165, 1.54) is 18.2 Å². The summed E-state index contributed by atoms with van der Waals surface area (Å²) < 4.78 is 15.8. The summed E-state index contributed by atoms with van der Waals surface area (Å²) in [5, 5.41) is 20.4. The van der Waals surface area contributed by atoms with Crippen LogP contribution in [0.3, 0.4) is 0 Å². The molecule has 0 saturated carbocycles. The molecule has 0 fully saturated rings. The van der Waals surface area contributed by atoms with Gasteiger partial charge in [-0.1, -0.05) is 0 Å². The van der Waals surface area contributed by atoms with Crippen LogP contribution in [0.1, 0.15) is 11.3 Å². The molecule has 1 aromatic carbocycles. The third-order valence-electron chi connectivity index (χ3n) is 2.94. The van der Waals surface area contributed by atoms with Gasteiger partial charge in [-0.2, -0.15) is 0 Å². The van der Waals surface area contributed by atoms with Gasteiger partial charge in [0, 0.05) is 12.1 Å². The van der Waals surface area contributed by atoms with Gasteiger partial charge >= 0.3 is 0 Å². The lowest BCUT2D eigenvalue weighted by atomic mass is 10.2. The first-order valence-corrected chi connectivity index (χ1v) is 6.72. The van der Waals surface area contributed by atoms with Crippen LogP contribution in [0.25, 0.3) is 0 Å². The van der Waals surface area contributed by atoms with Gasteiger partial charge in [-0.3, -0.25) is 10.1 Å². The number of aliphatic hydroxyl groups excluding tert-OH is 1. The first-order valence-electron chi connectivity index (χ1n) is 6.72. The van der Waals surface area contributed by atoms with Crippen molar-refractivity contribution in [2.45, 2.75) is 19.6 Å². The van der Waals surface area contributed by atoms with Crippen molar-refractivity contribution in [2.75, 3.05) is 13.2 Å². The fraction of sp³-hybridized carbons (Fsp3) is 0.333. The largest absolute Gasteiger partial charge is 0.491 e. The Morgan fingerprint density at radius 3 is 2.82 bits per heavy atom. The summed E-state index contributed by atoms with van der Waals surface area (Å²) in [6.07, 6.45) is 0.750. The number of aryl methyl sites for hydroxylation is 1. The zero-order chi connectivity index (χ0) is 15.9. The third-order valence-corrected chi connectivity index (χ3v) is 2.94. The summed E-state index contributed by atoms with van der Waals surface area (Å²) in [4.78, 5) is 10.2. The molecule has 118 valence electrons. The molecule has 1 atom stereocenters. The van der Waals surface area contributed by atoms with Crippen LogP contribution in [0.15, 0.2) is 41.0 Å². The smallest absolute Gasteiger partial charge is 0.269 e. The summed E-state index contributed by atoms with van der Waals surface area (Å²) in [7, 11) is 0. The van der Waals surface area contributed by atoms with Crippen LogP contribution in [0.4, 0.5) is 5.69 Å². The van der Waals surface area contributed by atoms with Gasteiger partial charge in [-0.15, -0.1) is 0 Å². The number of benzene rings is 1. The molecule has 0 aliphatic carbocycles. The number of nitro benzene ring substituents is 1. The monoisotopic (exact) mass is 307 g/mol. The Hall–Kier alpha value is -2.38. The molecule has 0 amide bonds. The Bertz CT molecular complexity index is 611. The number of nitrogens with zero attached hydrogens (tertiary/aromatic N) is 1. The average molecular weight is 307 g/mol. The van der Waals surface area contributed by atoms with E-state index < -0.39 is 11.0 Å². The highest BCUT2D eigenvalue weighted by Crippen LogP contribution is 2.23. The highest BCUT2D eigenvalue weighted by Gasteiger charge is 2.11. The molecule has 0 spiro atoms. The van der Waals surface area contributed by atoms with Crippen molar-refractivity contribution < 1.29 is 23.9 Å². The maximum atomic E-state index is 10.6. The fourth-order valence-electron chi connectivity index (χ4n) is 1.83. The number of rotatable bonds is 8. The number of furan rings is 1. The van der Waals surface area contributed by atoms with Gasteiger partial charge in [-0.25, -0.2) is 0 Å². The zero-order valence-electron chi connectivity index (χ0n) is 12.1. The number of hydrogen-bond donors (Lipinski definition) is 1. The fourth-order valence-corrected chi connectivity index (χ4v) is 1.83. The number of non-ortho nitro benzene ring substituents is 1. The zero-order valence-corrected chi connectivity index (χ0v) is 12.1. The third kappa shape index (κ3) is 4.57. The van der Waals surface area contributed by atoms with Gasteiger partial charge in [0.1, 0.15) is 30.8 Å². The predicted molar refractivity (Wildman–Crippen MR) is 77.7 cm³/mol. The lowest BCUT2D eigenvalue weighted by Crippen LogP contribution is -2.23. The van der Waals surface area contributed by atoms with E-state index in [9.17, 15) is 15.2 Å². The first-order chi connectivity index (χ1) is 10.6. The first kappa shape index (κ1) is 16.0. The van der Waals surface area contributed by atoms with E-state index in [2.05, 4.69) is 0 Å². The molecule has 0 radical (unpaired) electrons. The van der Waals surface area contributed by atoms with E-state index in [0.29, 0.717) is 17.1 Å². The van der Waals surface area contributed by atoms with Crippen molar-refractivity contribution in [2.24, 2.45) is 0 Å². The predicted octanol–water partition coefficient (Wildman–Crippen LogP) is 2.45. The minimum Gasteiger partial charge on any atom is -0.491 e. The number of aliphatic hydroxyl groups is 1. The minimum atomic E-state index is -0.801. The molecule has 0 aliphatic rings. The Balaban J connectivity index is 1.76. The maximum absolute atomic E-state index is 10.6. The second-order valence-electron chi connectivity index (χ2n) is 4.77. The van der Waals surface area contributed by atoms with Crippen molar-refractivity contribution in [1.29, 1.82) is 0 Å². The Morgan fingerprint density at radius 2 is 2.18 bits per heavy atom. The lowest BCUT2D eigenvalue weighted by molar-refractivity contribution is -0.384. The molecule has 2 aromatic rings. The maximum Gasteiger partial charge on any atom is 0.269 e. The molecule has 0 aliphatic heterocycles. The van der Waals surface area contributed by atoms with Gasteiger partial charge in [0.15, 0.2) is 0 Å². The van der Waals surface area contributed by atoms with E-state index >= 15 is 0 Å². The van der Waals surface area contributed by atoms with Crippen molar-refractivity contribution >= 4 is 5.69 Å². The molecular weight excluding hydrogens is 290 g/mol. The van der Waals surface area contributed by atoms with Gasteiger partial charge in [-0.05, 0) is 30.7 Å². The van der Waals surface area contributed by atoms with Crippen molar-refractivity contribution in [1.82, 2.24) is 0 Å². The molecule has 1 aromatic heterocycles. The van der Waals surface area contributed by atoms with Crippen molar-refractivity contribution in [3.63, 3.8) is 0 Å². The van der Waals surface area contributed by atoms with Crippen LogP contribution in [0, 0.1) is 17.0 Å². The van der Waals surface area contributed by atoms with Crippen LogP contribution >= 0.6 is 0 Å². The summed E-state index contributed by atoms with van der Waals surface area (Å²) in [5.41, 5.74) is 0.644. The summed E-state index contributed by atoms with van der Waals surface area (Å²) in [6.45, 7) is 2.13. The summed E-state index contributed by atoms with van der Waals surface area (Å²) in [6, 6.07) is 7.85. The van der Waals surface area contributed by atoms with Crippen LogP contribution in [0.2, 0.25) is 0 Å². The van der Waals surface area contributed by atoms with Crippen LogP contribution in [-0.2, 0) is 11.3 Å². The van der Waals surface area contributed by atoms with E-state index in [4.69, 9.17) is 13.9 Å². The standard InChI is InChI=1S/C15H17NO6/c1-11-7-12(16(18)19)4-5-15(11)22-9-13(17)8-20-10-14-3-2-6-21-14/h2-7,13,17H,8-10H2,1H3. The second kappa shape index (κ2) is 7.58. The van der Waals surface area contributed by atoms with Crippen LogP contribution < -0.4 is 4.74 Å². The molecule has 2 rings (SSSR count). The quantitative estimate of drug-likeness (QED) is 0.594. The average Bonchev–Trinajstić information content (AvgIpc) is 2.99. The number of hydrogen-bond acceptors (Lipinski definition) is 6. The Labute approximate surface area is 127 Å². The van der Waals surface area contributed by atoms with Gasteiger partial charge < -0.3 is 19.0 Å². The highest BCUT2D eigenvalue weighted by atomic mass is 16.6. The SMILES string of the molecule is Cc1cc([N+](=O)[O-])ccc1OCC(O)COCc1ccco1. The molecule has 0 bridgehead atoms. The van der Waals surface area contributed by atoms with Crippen LogP contribution in [-0.4, -0.2) is 29.3 Å².